The molecule has 6 heteroatoms. The van der Waals surface area contributed by atoms with E-state index >= 15 is 0 Å². The molecule has 0 aromatic carbocycles. The van der Waals surface area contributed by atoms with Crippen LogP contribution < -0.4 is 0 Å². The molecule has 2 radical (unpaired) electrons. The van der Waals surface area contributed by atoms with E-state index in [9.17, 15) is 4.89 Å². The Kier molecular flexibility index (Phi) is 6.01. The molecule has 1 heterocycles. The van der Waals surface area contributed by atoms with E-state index < -0.39 is 14.1 Å². The Hall–Kier alpha value is -0.525. The lowest BCUT2D eigenvalue weighted by molar-refractivity contribution is -0.0107. The molecule has 2 unspecified atom stereocenters. The number of hydrogen-bond donors (Lipinski definition) is 2. The minimum Gasteiger partial charge on any atom is -0.462 e. The second kappa shape index (κ2) is 7.03. The minimum absolute atomic E-state index is 0.0773. The second-order valence-corrected chi connectivity index (χ2v) is 4.74. The van der Waals surface area contributed by atoms with Crippen molar-refractivity contribution in [2.75, 3.05) is 6.61 Å². The Morgan fingerprint density at radius 1 is 1.65 bits per heavy atom. The van der Waals surface area contributed by atoms with Gasteiger partial charge >= 0.3 is 0 Å². The molecule has 2 N–H and O–H groups in total. The number of aliphatic hydroxyl groups excluding tert-OH is 1. The zero-order chi connectivity index (χ0) is 12.7. The maximum Gasteiger partial charge on any atom is 0.190 e. The maximum absolute atomic E-state index is 9.34. The van der Waals surface area contributed by atoms with Crippen LogP contribution in [0.2, 0.25) is 0 Å². The van der Waals surface area contributed by atoms with Crippen LogP contribution in [0.15, 0.2) is 12.2 Å². The van der Waals surface area contributed by atoms with Crippen molar-refractivity contribution in [2.45, 2.75) is 37.2 Å². The molecule has 0 aromatic heterocycles. The highest BCUT2D eigenvalue weighted by molar-refractivity contribution is 7.33. The van der Waals surface area contributed by atoms with Gasteiger partial charge in [-0.15, -0.1) is 0 Å². The first-order chi connectivity index (χ1) is 8.15. The van der Waals surface area contributed by atoms with Gasteiger partial charge in [0.1, 0.15) is 14.0 Å². The summed E-state index contributed by atoms with van der Waals surface area (Å²) in [6, 6.07) is -0.236. The van der Waals surface area contributed by atoms with Crippen molar-refractivity contribution in [3.63, 3.8) is 0 Å². The van der Waals surface area contributed by atoms with E-state index in [0.29, 0.717) is 6.61 Å². The minimum atomic E-state index is -1.14. The molecular weight excluding hydrogens is 238 g/mol. The van der Waals surface area contributed by atoms with Gasteiger partial charge in [-0.25, -0.2) is 0 Å². The van der Waals surface area contributed by atoms with E-state index in [4.69, 9.17) is 22.4 Å². The molecule has 1 aliphatic rings. The summed E-state index contributed by atoms with van der Waals surface area (Å²) in [6.45, 7) is 2.08. The fourth-order valence-corrected chi connectivity index (χ4v) is 2.12. The highest BCUT2D eigenvalue weighted by Gasteiger charge is 2.29. The van der Waals surface area contributed by atoms with Crippen LogP contribution in [0.25, 0.3) is 0 Å². The molecule has 0 aromatic rings. The van der Waals surface area contributed by atoms with E-state index in [-0.39, 0.29) is 12.1 Å². The molecule has 1 fully saturated rings. The zero-order valence-electron chi connectivity index (χ0n) is 9.72. The fourth-order valence-electron chi connectivity index (χ4n) is 1.62. The van der Waals surface area contributed by atoms with Gasteiger partial charge in [-0.1, -0.05) is 6.08 Å². The Bertz CT molecular complexity index is 325. The highest BCUT2D eigenvalue weighted by atomic mass is 31.1. The number of aliphatic hydroxyl groups is 1. The van der Waals surface area contributed by atoms with Gasteiger partial charge in [0.25, 0.3) is 0 Å². The van der Waals surface area contributed by atoms with Crippen molar-refractivity contribution in [2.24, 2.45) is 0 Å². The van der Waals surface area contributed by atoms with Gasteiger partial charge in [-0.05, 0) is 31.8 Å². The van der Waals surface area contributed by atoms with Crippen molar-refractivity contribution in [3.05, 3.63) is 12.2 Å². The Balaban J connectivity index is 2.56. The van der Waals surface area contributed by atoms with Crippen molar-refractivity contribution < 1.29 is 19.5 Å². The third-order valence-electron chi connectivity index (χ3n) is 2.45. The largest absolute Gasteiger partial charge is 0.462 e. The van der Waals surface area contributed by atoms with Crippen LogP contribution in [-0.2, 0) is 9.47 Å². The van der Waals surface area contributed by atoms with Crippen LogP contribution >= 0.6 is 8.81 Å². The summed E-state index contributed by atoms with van der Waals surface area (Å²) >= 11 is 0. The molecule has 0 saturated carbocycles. The molecule has 1 rings (SSSR count). The lowest BCUT2D eigenvalue weighted by Crippen LogP contribution is -2.28. The zero-order valence-corrected chi connectivity index (χ0v) is 10.7. The first-order valence-electron chi connectivity index (χ1n) is 5.42. The van der Waals surface area contributed by atoms with Crippen LogP contribution in [0.4, 0.5) is 0 Å². The average molecular weight is 254 g/mol. The van der Waals surface area contributed by atoms with Crippen LogP contribution in [-0.4, -0.2) is 41.9 Å². The van der Waals surface area contributed by atoms with Crippen molar-refractivity contribution in [1.82, 2.24) is 0 Å². The SMILES string of the molecule is [B][C@H]1CC[C@@H](COC(C#CO)(C=CC)PO)O1. The molecule has 1 saturated heterocycles. The highest BCUT2D eigenvalue weighted by Crippen LogP contribution is 2.32. The van der Waals surface area contributed by atoms with Crippen LogP contribution in [0.3, 0.4) is 0 Å². The predicted molar refractivity (Wildman–Crippen MR) is 67.4 cm³/mol. The van der Waals surface area contributed by atoms with E-state index in [0.717, 1.165) is 12.8 Å². The van der Waals surface area contributed by atoms with Gasteiger partial charge in [-0.3, -0.25) is 0 Å². The van der Waals surface area contributed by atoms with Crippen molar-refractivity contribution in [3.8, 4) is 12.0 Å². The molecule has 4 atom stereocenters. The van der Waals surface area contributed by atoms with Crippen LogP contribution in [0.1, 0.15) is 19.8 Å². The molecule has 0 aliphatic carbocycles. The lowest BCUT2D eigenvalue weighted by atomic mass is 9.97. The quantitative estimate of drug-likeness (QED) is 0.331. The Morgan fingerprint density at radius 2 is 2.41 bits per heavy atom. The summed E-state index contributed by atoms with van der Waals surface area (Å²) in [6.07, 6.45) is 6.67. The first kappa shape index (κ1) is 14.5. The topological polar surface area (TPSA) is 58.9 Å². The van der Waals surface area contributed by atoms with Crippen molar-refractivity contribution >= 4 is 16.7 Å². The molecule has 0 spiro atoms. The summed E-state index contributed by atoms with van der Waals surface area (Å²) in [5.74, 6) is 2.45. The van der Waals surface area contributed by atoms with Gasteiger partial charge in [0.15, 0.2) is 5.34 Å². The predicted octanol–water partition coefficient (Wildman–Crippen LogP) is 0.868. The molecule has 1 aliphatic heterocycles. The van der Waals surface area contributed by atoms with Crippen LogP contribution in [0.5, 0.6) is 0 Å². The van der Waals surface area contributed by atoms with Crippen molar-refractivity contribution in [1.29, 1.82) is 0 Å². The standard InChI is InChI=1S/C11H16BO4P/c1-2-5-11(17-14,6-7-13)15-8-9-3-4-10(12)16-9/h2,5,9-10,13-14,17H,3-4,8H2,1H3/t9-,10+,11?/m0/s1. The normalized spacial score (nSPS) is 28.4. The number of hydrogen-bond acceptors (Lipinski definition) is 4. The Morgan fingerprint density at radius 3 is 2.88 bits per heavy atom. The van der Waals surface area contributed by atoms with Crippen LogP contribution in [0, 0.1) is 12.0 Å². The monoisotopic (exact) mass is 254 g/mol. The van der Waals surface area contributed by atoms with Gasteiger partial charge < -0.3 is 19.5 Å². The molecule has 0 amide bonds. The maximum atomic E-state index is 9.34. The van der Waals surface area contributed by atoms with E-state index in [2.05, 4.69) is 5.92 Å². The fraction of sp³-hybridized carbons (Fsp3) is 0.636. The summed E-state index contributed by atoms with van der Waals surface area (Å²) in [7, 11) is 5.03. The summed E-state index contributed by atoms with van der Waals surface area (Å²) in [5, 5.41) is 7.52. The third kappa shape index (κ3) is 4.33. The van der Waals surface area contributed by atoms with Gasteiger partial charge in [-0.2, -0.15) is 0 Å². The molecule has 17 heavy (non-hydrogen) atoms. The second-order valence-electron chi connectivity index (χ2n) is 3.77. The van der Waals surface area contributed by atoms with E-state index in [1.807, 2.05) is 0 Å². The number of allylic oxidation sites excluding steroid dienone is 1. The lowest BCUT2D eigenvalue weighted by Gasteiger charge is -2.24. The summed E-state index contributed by atoms with van der Waals surface area (Å²) in [4.78, 5) is 9.34. The molecule has 92 valence electrons. The molecular formula is C11H16BO4P. The smallest absolute Gasteiger partial charge is 0.190 e. The van der Waals surface area contributed by atoms with E-state index in [1.54, 1.807) is 25.2 Å². The Labute approximate surface area is 105 Å². The van der Waals surface area contributed by atoms with E-state index in [1.165, 1.54) is 0 Å². The van der Waals surface area contributed by atoms with Gasteiger partial charge in [0.2, 0.25) is 0 Å². The third-order valence-corrected chi connectivity index (χ3v) is 3.21. The molecule has 4 nitrogen and oxygen atoms in total. The first-order valence-corrected chi connectivity index (χ1v) is 6.37. The summed E-state index contributed by atoms with van der Waals surface area (Å²) in [5.41, 5.74) is 0. The molecule has 0 bridgehead atoms. The average Bonchev–Trinajstić information content (AvgIpc) is 2.73. The van der Waals surface area contributed by atoms with Gasteiger partial charge in [0.05, 0.1) is 21.5 Å². The summed E-state index contributed by atoms with van der Waals surface area (Å²) < 4.78 is 11.0. The number of rotatable bonds is 5. The van der Waals surface area contributed by atoms with Gasteiger partial charge in [0, 0.05) is 6.00 Å². The number of ether oxygens (including phenoxy) is 2.